The summed E-state index contributed by atoms with van der Waals surface area (Å²) < 4.78 is 0. The first-order chi connectivity index (χ1) is 8.95. The number of hydrogen-bond acceptors (Lipinski definition) is 5. The van der Waals surface area contributed by atoms with Crippen molar-refractivity contribution in [1.29, 1.82) is 0 Å². The standard InChI is InChI=1S/C12H18N4O3.ClH/c1-3-14-8(2)7-15-12(17)9-4-5-10(13)11(6-9)16(18)19;/h4-6,8,14H,3,7,13H2,1-2H3,(H,15,17);1H/t8-;/m1./s1. The Morgan fingerprint density at radius 2 is 2.15 bits per heavy atom. The van der Waals surface area contributed by atoms with Gasteiger partial charge in [-0.2, -0.15) is 0 Å². The molecule has 0 bridgehead atoms. The Balaban J connectivity index is 0.00000361. The van der Waals surface area contributed by atoms with E-state index in [4.69, 9.17) is 5.73 Å². The first-order valence-corrected chi connectivity index (χ1v) is 6.01. The fourth-order valence-electron chi connectivity index (χ4n) is 1.61. The highest BCUT2D eigenvalue weighted by molar-refractivity contribution is 5.95. The summed E-state index contributed by atoms with van der Waals surface area (Å²) in [5, 5.41) is 16.6. The molecule has 0 heterocycles. The number of rotatable bonds is 6. The first kappa shape index (κ1) is 18.1. The summed E-state index contributed by atoms with van der Waals surface area (Å²) in [6.45, 7) is 5.17. The van der Waals surface area contributed by atoms with Crippen LogP contribution in [-0.4, -0.2) is 30.0 Å². The van der Waals surface area contributed by atoms with Crippen LogP contribution in [0.15, 0.2) is 18.2 Å². The van der Waals surface area contributed by atoms with Crippen molar-refractivity contribution < 1.29 is 9.72 Å². The quantitative estimate of drug-likeness (QED) is 0.417. The minimum atomic E-state index is -0.604. The van der Waals surface area contributed by atoms with Gasteiger partial charge in [-0.3, -0.25) is 14.9 Å². The number of benzene rings is 1. The maximum Gasteiger partial charge on any atom is 0.292 e. The lowest BCUT2D eigenvalue weighted by atomic mass is 10.1. The van der Waals surface area contributed by atoms with Crippen molar-refractivity contribution >= 4 is 29.7 Å². The van der Waals surface area contributed by atoms with Gasteiger partial charge in [-0.05, 0) is 25.6 Å². The third-order valence-electron chi connectivity index (χ3n) is 2.61. The molecule has 0 aromatic heterocycles. The van der Waals surface area contributed by atoms with E-state index < -0.39 is 4.92 Å². The van der Waals surface area contributed by atoms with E-state index in [2.05, 4.69) is 10.6 Å². The number of carbonyl (C=O) groups excluding carboxylic acids is 1. The highest BCUT2D eigenvalue weighted by Gasteiger charge is 2.15. The van der Waals surface area contributed by atoms with Gasteiger partial charge in [0, 0.05) is 24.2 Å². The summed E-state index contributed by atoms with van der Waals surface area (Å²) in [6, 6.07) is 4.15. The predicted molar refractivity (Wildman–Crippen MR) is 80.2 cm³/mol. The summed E-state index contributed by atoms with van der Waals surface area (Å²) in [5.74, 6) is -0.354. The van der Waals surface area contributed by atoms with Gasteiger partial charge in [0.15, 0.2) is 0 Å². The number of nitrogens with zero attached hydrogens (tertiary/aromatic N) is 1. The lowest BCUT2D eigenvalue weighted by molar-refractivity contribution is -0.383. The Labute approximate surface area is 123 Å². The van der Waals surface area contributed by atoms with Crippen molar-refractivity contribution in [3.05, 3.63) is 33.9 Å². The average molecular weight is 303 g/mol. The molecule has 1 aromatic rings. The highest BCUT2D eigenvalue weighted by atomic mass is 35.5. The van der Waals surface area contributed by atoms with Crippen molar-refractivity contribution in [3.8, 4) is 0 Å². The van der Waals surface area contributed by atoms with Gasteiger partial charge in [-0.15, -0.1) is 12.4 Å². The van der Waals surface area contributed by atoms with Crippen molar-refractivity contribution in [3.63, 3.8) is 0 Å². The van der Waals surface area contributed by atoms with E-state index in [0.29, 0.717) is 6.54 Å². The van der Waals surface area contributed by atoms with Crippen LogP contribution in [0.5, 0.6) is 0 Å². The second-order valence-corrected chi connectivity index (χ2v) is 4.20. The summed E-state index contributed by atoms with van der Waals surface area (Å²) in [4.78, 5) is 22.0. The van der Waals surface area contributed by atoms with Crippen LogP contribution in [0.4, 0.5) is 11.4 Å². The van der Waals surface area contributed by atoms with E-state index in [1.54, 1.807) is 0 Å². The van der Waals surface area contributed by atoms with Crippen molar-refractivity contribution in [2.24, 2.45) is 0 Å². The summed E-state index contributed by atoms with van der Waals surface area (Å²) >= 11 is 0. The maximum atomic E-state index is 11.8. The molecular formula is C12H19ClN4O3. The number of amides is 1. The predicted octanol–water partition coefficient (Wildman–Crippen LogP) is 1.33. The molecule has 20 heavy (non-hydrogen) atoms. The number of nitrogen functional groups attached to an aromatic ring is 1. The Morgan fingerprint density at radius 3 is 2.70 bits per heavy atom. The van der Waals surface area contributed by atoms with Gasteiger partial charge in [0.1, 0.15) is 5.69 Å². The van der Waals surface area contributed by atoms with Crippen molar-refractivity contribution in [2.45, 2.75) is 19.9 Å². The van der Waals surface area contributed by atoms with Gasteiger partial charge in [-0.1, -0.05) is 6.92 Å². The second-order valence-electron chi connectivity index (χ2n) is 4.20. The van der Waals surface area contributed by atoms with E-state index in [-0.39, 0.29) is 41.3 Å². The van der Waals surface area contributed by atoms with Gasteiger partial charge in [-0.25, -0.2) is 0 Å². The van der Waals surface area contributed by atoms with Gasteiger partial charge in [0.05, 0.1) is 4.92 Å². The molecule has 1 amide bonds. The number of carbonyl (C=O) groups is 1. The van der Waals surface area contributed by atoms with Gasteiger partial charge < -0.3 is 16.4 Å². The molecule has 8 heteroatoms. The largest absolute Gasteiger partial charge is 0.393 e. The molecule has 1 atom stereocenters. The third-order valence-corrected chi connectivity index (χ3v) is 2.61. The van der Waals surface area contributed by atoms with Crippen molar-refractivity contribution in [2.75, 3.05) is 18.8 Å². The van der Waals surface area contributed by atoms with Crippen LogP contribution in [-0.2, 0) is 0 Å². The molecule has 0 spiro atoms. The average Bonchev–Trinajstić information content (AvgIpc) is 2.36. The first-order valence-electron chi connectivity index (χ1n) is 6.01. The summed E-state index contributed by atoms with van der Waals surface area (Å²) in [6.07, 6.45) is 0. The number of hydrogen-bond donors (Lipinski definition) is 3. The molecule has 1 aromatic carbocycles. The van der Waals surface area contributed by atoms with Crippen LogP contribution in [0, 0.1) is 10.1 Å². The number of halogens is 1. The molecule has 1 rings (SSSR count). The van der Waals surface area contributed by atoms with Gasteiger partial charge in [0.2, 0.25) is 0 Å². The number of likely N-dealkylation sites (N-methyl/N-ethyl adjacent to an activating group) is 1. The Morgan fingerprint density at radius 1 is 1.50 bits per heavy atom. The fourth-order valence-corrected chi connectivity index (χ4v) is 1.61. The SMILES string of the molecule is CCN[C@H](C)CNC(=O)c1ccc(N)c([N+](=O)[O-])c1.Cl. The highest BCUT2D eigenvalue weighted by Crippen LogP contribution is 2.22. The van der Waals surface area contributed by atoms with Crippen LogP contribution in [0.25, 0.3) is 0 Å². The molecule has 0 fully saturated rings. The second kappa shape index (κ2) is 8.34. The van der Waals surface area contributed by atoms with Crippen LogP contribution in [0.2, 0.25) is 0 Å². The minimum absolute atomic E-state index is 0. The number of nitrogens with one attached hydrogen (secondary N) is 2. The zero-order valence-electron chi connectivity index (χ0n) is 11.4. The monoisotopic (exact) mass is 302 g/mol. The van der Waals surface area contributed by atoms with Crippen LogP contribution in [0.1, 0.15) is 24.2 Å². The molecule has 7 nitrogen and oxygen atoms in total. The number of nitro benzene ring substituents is 1. The molecule has 0 aliphatic rings. The van der Waals surface area contributed by atoms with E-state index in [1.807, 2.05) is 13.8 Å². The lowest BCUT2D eigenvalue weighted by Crippen LogP contribution is -2.38. The Hall–Kier alpha value is -1.86. The molecule has 0 aliphatic heterocycles. The lowest BCUT2D eigenvalue weighted by Gasteiger charge is -2.13. The topological polar surface area (TPSA) is 110 Å². The molecular weight excluding hydrogens is 284 g/mol. The fraction of sp³-hybridized carbons (Fsp3) is 0.417. The number of nitrogens with two attached hydrogens (primary N) is 1. The third kappa shape index (κ3) is 5.02. The smallest absolute Gasteiger partial charge is 0.292 e. The zero-order chi connectivity index (χ0) is 14.4. The summed E-state index contributed by atoms with van der Waals surface area (Å²) in [7, 11) is 0. The molecule has 0 unspecified atom stereocenters. The van der Waals surface area contributed by atoms with E-state index in [0.717, 1.165) is 6.54 Å². The molecule has 4 N–H and O–H groups in total. The molecule has 0 aliphatic carbocycles. The normalized spacial score (nSPS) is 11.3. The van der Waals surface area contributed by atoms with Crippen LogP contribution in [0.3, 0.4) is 0 Å². The summed E-state index contributed by atoms with van der Waals surface area (Å²) in [5.41, 5.74) is 5.48. The van der Waals surface area contributed by atoms with E-state index in [9.17, 15) is 14.9 Å². The Kier molecular flexibility index (Phi) is 7.56. The minimum Gasteiger partial charge on any atom is -0.393 e. The Bertz CT molecular complexity index is 482. The van der Waals surface area contributed by atoms with Crippen molar-refractivity contribution in [1.82, 2.24) is 10.6 Å². The molecule has 0 saturated carbocycles. The van der Waals surface area contributed by atoms with Crippen LogP contribution >= 0.6 is 12.4 Å². The van der Waals surface area contributed by atoms with Gasteiger partial charge in [0.25, 0.3) is 11.6 Å². The maximum absolute atomic E-state index is 11.8. The van der Waals surface area contributed by atoms with E-state index in [1.165, 1.54) is 18.2 Å². The van der Waals surface area contributed by atoms with Crippen LogP contribution < -0.4 is 16.4 Å². The molecule has 112 valence electrons. The number of nitro groups is 1. The van der Waals surface area contributed by atoms with Gasteiger partial charge >= 0.3 is 0 Å². The number of anilines is 1. The zero-order valence-corrected chi connectivity index (χ0v) is 12.2. The molecule has 0 radical (unpaired) electrons. The van der Waals surface area contributed by atoms with E-state index >= 15 is 0 Å². The molecule has 0 saturated heterocycles.